The van der Waals surface area contributed by atoms with Crippen LogP contribution in [-0.4, -0.2) is 29.5 Å². The van der Waals surface area contributed by atoms with Gasteiger partial charge in [0.2, 0.25) is 5.88 Å². The number of carbonyl (C=O) groups is 1. The number of amides is 1. The van der Waals surface area contributed by atoms with Gasteiger partial charge in [-0.2, -0.15) is 4.98 Å². The van der Waals surface area contributed by atoms with Gasteiger partial charge in [0.25, 0.3) is 5.91 Å². The molecule has 0 fully saturated rings. The normalized spacial score (nSPS) is 10.0. The van der Waals surface area contributed by atoms with Crippen LogP contribution in [0.2, 0.25) is 0 Å². The lowest BCUT2D eigenvalue weighted by Crippen LogP contribution is -2.13. The van der Waals surface area contributed by atoms with Gasteiger partial charge in [0.15, 0.2) is 5.75 Å². The van der Waals surface area contributed by atoms with Gasteiger partial charge in [0, 0.05) is 17.7 Å². The number of benzene rings is 1. The fourth-order valence-corrected chi connectivity index (χ4v) is 1.88. The van der Waals surface area contributed by atoms with Crippen LogP contribution in [0.4, 0.5) is 11.5 Å². The van der Waals surface area contributed by atoms with Crippen molar-refractivity contribution in [2.45, 2.75) is 6.92 Å². The van der Waals surface area contributed by atoms with E-state index in [4.69, 9.17) is 9.47 Å². The third kappa shape index (κ3) is 3.94. The van der Waals surface area contributed by atoms with Gasteiger partial charge in [-0.3, -0.25) is 14.9 Å². The highest BCUT2D eigenvalue weighted by Crippen LogP contribution is 2.27. The van der Waals surface area contributed by atoms with Crippen LogP contribution in [-0.2, 0) is 0 Å². The van der Waals surface area contributed by atoms with Gasteiger partial charge in [-0.25, -0.2) is 0 Å². The lowest BCUT2D eigenvalue weighted by Gasteiger charge is -2.08. The molecule has 0 radical (unpaired) electrons. The van der Waals surface area contributed by atoms with Crippen molar-refractivity contribution in [3.05, 3.63) is 52.1 Å². The zero-order chi connectivity index (χ0) is 16.8. The van der Waals surface area contributed by atoms with Gasteiger partial charge in [-0.1, -0.05) is 6.07 Å². The number of pyridine rings is 1. The SMILES string of the molecule is CCOc1cccc(NC(=O)c2ccc(OC)c([N+](=O)[O-])c2)n1. The molecule has 0 aliphatic rings. The first-order valence-electron chi connectivity index (χ1n) is 6.78. The first kappa shape index (κ1) is 16.2. The number of aromatic nitrogens is 1. The maximum atomic E-state index is 12.2. The van der Waals surface area contributed by atoms with Crippen LogP contribution < -0.4 is 14.8 Å². The molecule has 1 aromatic heterocycles. The lowest BCUT2D eigenvalue weighted by molar-refractivity contribution is -0.385. The third-order valence-electron chi connectivity index (χ3n) is 2.90. The van der Waals surface area contributed by atoms with E-state index < -0.39 is 10.8 Å². The molecule has 1 N–H and O–H groups in total. The monoisotopic (exact) mass is 317 g/mol. The van der Waals surface area contributed by atoms with Crippen LogP contribution in [0, 0.1) is 10.1 Å². The highest BCUT2D eigenvalue weighted by molar-refractivity contribution is 6.04. The minimum absolute atomic E-state index is 0.0861. The summed E-state index contributed by atoms with van der Waals surface area (Å²) in [5.41, 5.74) is -0.155. The molecule has 0 bridgehead atoms. The van der Waals surface area contributed by atoms with Crippen molar-refractivity contribution in [3.8, 4) is 11.6 Å². The molecule has 8 nitrogen and oxygen atoms in total. The van der Waals surface area contributed by atoms with E-state index >= 15 is 0 Å². The number of nitro benzene ring substituents is 1. The zero-order valence-electron chi connectivity index (χ0n) is 12.6. The van der Waals surface area contributed by atoms with E-state index in [1.54, 1.807) is 18.2 Å². The van der Waals surface area contributed by atoms with Crippen molar-refractivity contribution in [3.63, 3.8) is 0 Å². The molecule has 0 saturated heterocycles. The third-order valence-corrected chi connectivity index (χ3v) is 2.90. The highest BCUT2D eigenvalue weighted by atomic mass is 16.6. The van der Waals surface area contributed by atoms with E-state index in [1.807, 2.05) is 6.92 Å². The summed E-state index contributed by atoms with van der Waals surface area (Å²) < 4.78 is 10.1. The fraction of sp³-hybridized carbons (Fsp3) is 0.200. The molecule has 120 valence electrons. The molecule has 1 amide bonds. The summed E-state index contributed by atoms with van der Waals surface area (Å²) >= 11 is 0. The minimum atomic E-state index is -0.608. The Kier molecular flexibility index (Phi) is 5.08. The van der Waals surface area contributed by atoms with Gasteiger partial charge in [-0.15, -0.1) is 0 Å². The van der Waals surface area contributed by atoms with Crippen molar-refractivity contribution >= 4 is 17.4 Å². The molecule has 2 aromatic rings. The second-order valence-electron chi connectivity index (χ2n) is 4.39. The molecule has 2 rings (SSSR count). The van der Waals surface area contributed by atoms with Crippen LogP contribution in [0.3, 0.4) is 0 Å². The Labute approximate surface area is 132 Å². The second-order valence-corrected chi connectivity index (χ2v) is 4.39. The zero-order valence-corrected chi connectivity index (χ0v) is 12.6. The molecule has 1 heterocycles. The molecule has 0 unspecified atom stereocenters. The van der Waals surface area contributed by atoms with Crippen molar-refractivity contribution in [2.24, 2.45) is 0 Å². The van der Waals surface area contributed by atoms with Crippen LogP contribution in [0.1, 0.15) is 17.3 Å². The van der Waals surface area contributed by atoms with E-state index in [9.17, 15) is 14.9 Å². The molecule has 0 aliphatic carbocycles. The molecular formula is C15H15N3O5. The van der Waals surface area contributed by atoms with Crippen LogP contribution in [0.25, 0.3) is 0 Å². The van der Waals surface area contributed by atoms with E-state index in [0.29, 0.717) is 18.3 Å². The number of nitro groups is 1. The summed E-state index contributed by atoms with van der Waals surface area (Å²) in [5, 5.41) is 13.6. The summed E-state index contributed by atoms with van der Waals surface area (Å²) in [6, 6.07) is 8.91. The van der Waals surface area contributed by atoms with E-state index in [0.717, 1.165) is 6.07 Å². The van der Waals surface area contributed by atoms with Gasteiger partial charge in [0.1, 0.15) is 5.82 Å². The van der Waals surface area contributed by atoms with E-state index in [2.05, 4.69) is 10.3 Å². The average molecular weight is 317 g/mol. The summed E-state index contributed by atoms with van der Waals surface area (Å²) in [6.45, 7) is 2.28. The number of anilines is 1. The number of ether oxygens (including phenoxy) is 2. The Bertz CT molecular complexity index is 733. The number of carbonyl (C=O) groups excluding carboxylic acids is 1. The van der Waals surface area contributed by atoms with Gasteiger partial charge >= 0.3 is 5.69 Å². The summed E-state index contributed by atoms with van der Waals surface area (Å²) in [7, 11) is 1.32. The van der Waals surface area contributed by atoms with Crippen molar-refractivity contribution < 1.29 is 19.2 Å². The van der Waals surface area contributed by atoms with Gasteiger partial charge in [0.05, 0.1) is 18.6 Å². The molecular weight excluding hydrogens is 302 g/mol. The van der Waals surface area contributed by atoms with Crippen molar-refractivity contribution in [1.82, 2.24) is 4.98 Å². The number of nitrogens with zero attached hydrogens (tertiary/aromatic N) is 2. The van der Waals surface area contributed by atoms with Crippen LogP contribution in [0.5, 0.6) is 11.6 Å². The number of rotatable bonds is 6. The van der Waals surface area contributed by atoms with Crippen LogP contribution in [0.15, 0.2) is 36.4 Å². The molecule has 0 atom stereocenters. The molecule has 0 aliphatic heterocycles. The Hall–Kier alpha value is -3.16. The highest BCUT2D eigenvalue weighted by Gasteiger charge is 2.18. The largest absolute Gasteiger partial charge is 0.490 e. The molecule has 0 saturated carbocycles. The smallest absolute Gasteiger partial charge is 0.311 e. The maximum Gasteiger partial charge on any atom is 0.311 e. The topological polar surface area (TPSA) is 104 Å². The van der Waals surface area contributed by atoms with E-state index in [1.165, 1.54) is 19.2 Å². The second kappa shape index (κ2) is 7.21. The first-order valence-corrected chi connectivity index (χ1v) is 6.78. The Morgan fingerprint density at radius 3 is 2.78 bits per heavy atom. The van der Waals surface area contributed by atoms with Crippen molar-refractivity contribution in [1.29, 1.82) is 0 Å². The first-order chi connectivity index (χ1) is 11.0. The summed E-state index contributed by atoms with van der Waals surface area (Å²) in [5.74, 6) is 0.241. The standard InChI is InChI=1S/C15H15N3O5/c1-3-23-14-6-4-5-13(16-14)17-15(19)10-7-8-12(22-2)11(9-10)18(20)21/h4-9H,3H2,1-2H3,(H,16,17,19). The number of methoxy groups -OCH3 is 1. The van der Waals surface area contributed by atoms with Gasteiger partial charge in [-0.05, 0) is 25.1 Å². The average Bonchev–Trinajstić information content (AvgIpc) is 2.54. The maximum absolute atomic E-state index is 12.2. The summed E-state index contributed by atoms with van der Waals surface area (Å²) in [4.78, 5) is 26.7. The lowest BCUT2D eigenvalue weighted by atomic mass is 10.1. The Morgan fingerprint density at radius 1 is 1.35 bits per heavy atom. The minimum Gasteiger partial charge on any atom is -0.490 e. The fourth-order valence-electron chi connectivity index (χ4n) is 1.88. The number of hydrogen-bond acceptors (Lipinski definition) is 6. The van der Waals surface area contributed by atoms with Crippen LogP contribution >= 0.6 is 0 Å². The quantitative estimate of drug-likeness (QED) is 0.649. The molecule has 1 aromatic carbocycles. The number of hydrogen-bond donors (Lipinski definition) is 1. The molecule has 8 heteroatoms. The van der Waals surface area contributed by atoms with E-state index in [-0.39, 0.29) is 17.0 Å². The predicted molar refractivity (Wildman–Crippen MR) is 83.0 cm³/mol. The predicted octanol–water partition coefficient (Wildman–Crippen LogP) is 2.65. The molecule has 0 spiro atoms. The Morgan fingerprint density at radius 2 is 2.13 bits per heavy atom. The van der Waals surface area contributed by atoms with Gasteiger partial charge < -0.3 is 14.8 Å². The van der Waals surface area contributed by atoms with Crippen molar-refractivity contribution in [2.75, 3.05) is 19.0 Å². The number of nitrogens with one attached hydrogen (secondary N) is 1. The molecule has 23 heavy (non-hydrogen) atoms. The summed E-state index contributed by atoms with van der Waals surface area (Å²) in [6.07, 6.45) is 0. The Balaban J connectivity index is 2.22.